The molecule has 1 saturated heterocycles. The van der Waals surface area contributed by atoms with Crippen LogP contribution < -0.4 is 5.56 Å². The lowest BCUT2D eigenvalue weighted by Gasteiger charge is -2.41. The highest BCUT2D eigenvalue weighted by molar-refractivity contribution is 5.46. The van der Waals surface area contributed by atoms with Gasteiger partial charge in [0.1, 0.15) is 5.65 Å². The fourth-order valence-electron chi connectivity index (χ4n) is 3.61. The third-order valence-electron chi connectivity index (χ3n) is 5.07. The standard InChI is InChI=1S/C19H28N4O2/c1-4-17-14-21(8-9-22(17)10-11-25-3)13-16-12-18(24)23-7-5-6-15(2)19(23)20-16/h5-7,12,17H,4,8-11,13-14H2,1-3H3/t17-/m1/s1. The van der Waals surface area contributed by atoms with E-state index in [1.165, 1.54) is 0 Å². The van der Waals surface area contributed by atoms with E-state index >= 15 is 0 Å². The molecule has 1 aliphatic heterocycles. The number of rotatable bonds is 6. The summed E-state index contributed by atoms with van der Waals surface area (Å²) in [6, 6.07) is 6.08. The van der Waals surface area contributed by atoms with Crippen molar-refractivity contribution in [1.29, 1.82) is 0 Å². The highest BCUT2D eigenvalue weighted by atomic mass is 16.5. The zero-order valence-electron chi connectivity index (χ0n) is 15.4. The SMILES string of the molecule is CC[C@@H]1CN(Cc2cc(=O)n3cccc(C)c3n2)CCN1CCOC. The quantitative estimate of drug-likeness (QED) is 0.796. The maximum Gasteiger partial charge on any atom is 0.258 e. The number of pyridine rings is 1. The van der Waals surface area contributed by atoms with Gasteiger partial charge >= 0.3 is 0 Å². The van der Waals surface area contributed by atoms with Gasteiger partial charge in [-0.2, -0.15) is 0 Å². The second-order valence-electron chi connectivity index (χ2n) is 6.80. The van der Waals surface area contributed by atoms with Crippen molar-refractivity contribution in [3.63, 3.8) is 0 Å². The highest BCUT2D eigenvalue weighted by Gasteiger charge is 2.25. The molecule has 0 aliphatic carbocycles. The molecule has 1 atom stereocenters. The van der Waals surface area contributed by atoms with Gasteiger partial charge in [0.2, 0.25) is 0 Å². The van der Waals surface area contributed by atoms with Crippen LogP contribution in [-0.4, -0.2) is 65.1 Å². The summed E-state index contributed by atoms with van der Waals surface area (Å²) in [4.78, 5) is 22.0. The summed E-state index contributed by atoms with van der Waals surface area (Å²) in [5.74, 6) is 0. The van der Waals surface area contributed by atoms with E-state index in [0.29, 0.717) is 6.04 Å². The molecule has 1 fully saturated rings. The Labute approximate surface area is 149 Å². The molecule has 0 aromatic carbocycles. The first-order valence-corrected chi connectivity index (χ1v) is 9.05. The van der Waals surface area contributed by atoms with Crippen molar-refractivity contribution in [2.45, 2.75) is 32.9 Å². The molecule has 2 aromatic rings. The summed E-state index contributed by atoms with van der Waals surface area (Å²) in [6.45, 7) is 9.76. The van der Waals surface area contributed by atoms with Crippen molar-refractivity contribution in [2.24, 2.45) is 0 Å². The van der Waals surface area contributed by atoms with Crippen LogP contribution in [0.2, 0.25) is 0 Å². The Balaban J connectivity index is 1.74. The lowest BCUT2D eigenvalue weighted by atomic mass is 10.1. The topological polar surface area (TPSA) is 50.1 Å². The fraction of sp³-hybridized carbons (Fsp3) is 0.579. The average molecular weight is 344 g/mol. The number of fused-ring (bicyclic) bond motifs is 1. The lowest BCUT2D eigenvalue weighted by molar-refractivity contribution is 0.0460. The van der Waals surface area contributed by atoms with Crippen LogP contribution in [0.4, 0.5) is 0 Å². The fourth-order valence-corrected chi connectivity index (χ4v) is 3.61. The van der Waals surface area contributed by atoms with Crippen LogP contribution in [0.5, 0.6) is 0 Å². The minimum Gasteiger partial charge on any atom is -0.383 e. The van der Waals surface area contributed by atoms with Gasteiger partial charge in [-0.25, -0.2) is 4.98 Å². The number of methoxy groups -OCH3 is 1. The van der Waals surface area contributed by atoms with Gasteiger partial charge in [0, 0.05) is 58.1 Å². The van der Waals surface area contributed by atoms with Crippen molar-refractivity contribution < 1.29 is 4.74 Å². The predicted octanol–water partition coefficient (Wildman–Crippen LogP) is 1.55. The van der Waals surface area contributed by atoms with Gasteiger partial charge < -0.3 is 4.74 Å². The molecule has 2 aromatic heterocycles. The molecule has 3 heterocycles. The molecular formula is C19H28N4O2. The summed E-state index contributed by atoms with van der Waals surface area (Å²) in [7, 11) is 1.75. The molecule has 136 valence electrons. The van der Waals surface area contributed by atoms with E-state index in [0.717, 1.165) is 62.7 Å². The number of hydrogen-bond acceptors (Lipinski definition) is 5. The van der Waals surface area contributed by atoms with E-state index < -0.39 is 0 Å². The van der Waals surface area contributed by atoms with Crippen LogP contribution in [0, 0.1) is 6.92 Å². The number of ether oxygens (including phenoxy) is 1. The Morgan fingerprint density at radius 2 is 2.20 bits per heavy atom. The zero-order valence-corrected chi connectivity index (χ0v) is 15.4. The van der Waals surface area contributed by atoms with E-state index in [1.807, 2.05) is 19.1 Å². The van der Waals surface area contributed by atoms with Crippen LogP contribution in [0.3, 0.4) is 0 Å². The molecule has 0 bridgehead atoms. The molecule has 0 spiro atoms. The van der Waals surface area contributed by atoms with Crippen LogP contribution in [0.1, 0.15) is 24.6 Å². The van der Waals surface area contributed by atoms with E-state index in [9.17, 15) is 4.79 Å². The summed E-state index contributed by atoms with van der Waals surface area (Å²) in [6.07, 6.45) is 2.90. The highest BCUT2D eigenvalue weighted by Crippen LogP contribution is 2.15. The van der Waals surface area contributed by atoms with Gasteiger partial charge in [-0.15, -0.1) is 0 Å². The molecule has 0 N–H and O–H groups in total. The average Bonchev–Trinajstić information content (AvgIpc) is 2.61. The molecule has 0 radical (unpaired) electrons. The lowest BCUT2D eigenvalue weighted by Crippen LogP contribution is -2.53. The smallest absolute Gasteiger partial charge is 0.258 e. The first-order chi connectivity index (χ1) is 12.1. The number of piperazine rings is 1. The molecule has 6 heteroatoms. The van der Waals surface area contributed by atoms with Crippen LogP contribution in [-0.2, 0) is 11.3 Å². The van der Waals surface area contributed by atoms with Crippen LogP contribution >= 0.6 is 0 Å². The summed E-state index contributed by atoms with van der Waals surface area (Å²) < 4.78 is 6.84. The summed E-state index contributed by atoms with van der Waals surface area (Å²) in [5, 5.41) is 0. The Morgan fingerprint density at radius 1 is 1.36 bits per heavy atom. The number of aromatic nitrogens is 2. The van der Waals surface area contributed by atoms with Crippen molar-refractivity contribution in [1.82, 2.24) is 19.2 Å². The second kappa shape index (κ2) is 8.08. The zero-order chi connectivity index (χ0) is 17.8. The van der Waals surface area contributed by atoms with Crippen molar-refractivity contribution in [2.75, 3.05) is 39.9 Å². The third kappa shape index (κ3) is 4.08. The normalized spacial score (nSPS) is 19.6. The Bertz CT molecular complexity index is 774. The Hall–Kier alpha value is -1.76. The summed E-state index contributed by atoms with van der Waals surface area (Å²) in [5.41, 5.74) is 2.64. The molecule has 0 amide bonds. The first-order valence-electron chi connectivity index (χ1n) is 9.05. The van der Waals surface area contributed by atoms with E-state index in [-0.39, 0.29) is 5.56 Å². The molecular weight excluding hydrogens is 316 g/mol. The van der Waals surface area contributed by atoms with Gasteiger partial charge in [-0.05, 0) is 25.0 Å². The maximum absolute atomic E-state index is 12.4. The largest absolute Gasteiger partial charge is 0.383 e. The Kier molecular flexibility index (Phi) is 5.83. The van der Waals surface area contributed by atoms with Gasteiger partial charge in [0.15, 0.2) is 0 Å². The van der Waals surface area contributed by atoms with Crippen molar-refractivity contribution in [3.8, 4) is 0 Å². The van der Waals surface area contributed by atoms with E-state index in [4.69, 9.17) is 9.72 Å². The van der Waals surface area contributed by atoms with Gasteiger partial charge in [0.05, 0.1) is 12.3 Å². The van der Waals surface area contributed by atoms with Crippen molar-refractivity contribution in [3.05, 3.63) is 46.0 Å². The number of hydrogen-bond donors (Lipinski definition) is 0. The first kappa shape index (κ1) is 18.0. The van der Waals surface area contributed by atoms with Crippen LogP contribution in [0.15, 0.2) is 29.2 Å². The minimum atomic E-state index is -0.00512. The maximum atomic E-state index is 12.4. The molecule has 6 nitrogen and oxygen atoms in total. The van der Waals surface area contributed by atoms with E-state index in [2.05, 4.69) is 16.7 Å². The minimum absolute atomic E-state index is 0.00512. The van der Waals surface area contributed by atoms with Crippen LogP contribution in [0.25, 0.3) is 5.65 Å². The van der Waals surface area contributed by atoms with Gasteiger partial charge in [0.25, 0.3) is 5.56 Å². The number of nitrogens with zero attached hydrogens (tertiary/aromatic N) is 4. The van der Waals surface area contributed by atoms with Gasteiger partial charge in [-0.1, -0.05) is 13.0 Å². The predicted molar refractivity (Wildman–Crippen MR) is 99.0 cm³/mol. The monoisotopic (exact) mass is 344 g/mol. The second-order valence-corrected chi connectivity index (χ2v) is 6.80. The molecule has 3 rings (SSSR count). The molecule has 0 saturated carbocycles. The molecule has 0 unspecified atom stereocenters. The van der Waals surface area contributed by atoms with Crippen molar-refractivity contribution >= 4 is 5.65 Å². The van der Waals surface area contributed by atoms with Gasteiger partial charge in [-0.3, -0.25) is 19.0 Å². The molecule has 1 aliphatic rings. The summed E-state index contributed by atoms with van der Waals surface area (Å²) >= 11 is 0. The third-order valence-corrected chi connectivity index (χ3v) is 5.07. The Morgan fingerprint density at radius 3 is 2.96 bits per heavy atom. The molecule has 25 heavy (non-hydrogen) atoms. The van der Waals surface area contributed by atoms with E-state index in [1.54, 1.807) is 23.8 Å². The number of aryl methyl sites for hydroxylation is 1.